The van der Waals surface area contributed by atoms with Crippen LogP contribution in [0.5, 0.6) is 11.6 Å². The number of aromatic nitrogens is 2. The van der Waals surface area contributed by atoms with Crippen molar-refractivity contribution in [2.75, 3.05) is 33.3 Å². The molecular weight excluding hydrogens is 547 g/mol. The van der Waals surface area contributed by atoms with Crippen molar-refractivity contribution in [1.29, 1.82) is 0 Å². The molecule has 1 amide bonds. The number of phenols is 1. The molecule has 2 fully saturated rings. The molecule has 1 N–H and O–H groups in total. The van der Waals surface area contributed by atoms with Gasteiger partial charge in [0.1, 0.15) is 17.9 Å². The summed E-state index contributed by atoms with van der Waals surface area (Å²) >= 11 is 6.73. The third-order valence-electron chi connectivity index (χ3n) is 8.19. The van der Waals surface area contributed by atoms with Crippen LogP contribution in [0.25, 0.3) is 32.9 Å². The molecule has 3 heterocycles. The number of ether oxygens (including phenoxy) is 1. The molecule has 0 saturated carbocycles. The second kappa shape index (κ2) is 10.8. The second-order valence-corrected chi connectivity index (χ2v) is 11.3. The Balaban J connectivity index is 1.48. The Morgan fingerprint density at radius 3 is 2.78 bits per heavy atom. The maximum atomic E-state index is 16.5. The van der Waals surface area contributed by atoms with Gasteiger partial charge in [-0.3, -0.25) is 9.59 Å². The average molecular weight is 577 g/mol. The number of likely N-dealkylation sites (tertiary alicyclic amines) is 2. The highest BCUT2D eigenvalue weighted by Crippen LogP contribution is 2.40. The minimum atomic E-state index is -0.711. The Morgan fingerprint density at radius 1 is 1.27 bits per heavy atom. The lowest BCUT2D eigenvalue weighted by Gasteiger charge is -2.39. The molecule has 2 aliphatic heterocycles. The highest BCUT2D eigenvalue weighted by Gasteiger charge is 2.32. The third-order valence-corrected chi connectivity index (χ3v) is 8.49. The Bertz CT molecular complexity index is 1750. The Labute approximate surface area is 241 Å². The van der Waals surface area contributed by atoms with Crippen LogP contribution in [0.1, 0.15) is 12.8 Å². The molecule has 1 unspecified atom stereocenters. The average Bonchev–Trinajstić information content (AvgIpc) is 3.34. The number of nitrogens with zero attached hydrogens (tertiary/aromatic N) is 4. The van der Waals surface area contributed by atoms with Crippen molar-refractivity contribution in [3.05, 3.63) is 76.3 Å². The summed E-state index contributed by atoms with van der Waals surface area (Å²) in [5, 5.41) is 11.9. The normalized spacial score (nSPS) is 17.7. The van der Waals surface area contributed by atoms with Gasteiger partial charge in [0.15, 0.2) is 5.82 Å². The molecule has 0 radical (unpaired) electrons. The van der Waals surface area contributed by atoms with Gasteiger partial charge in [-0.15, -0.1) is 0 Å². The van der Waals surface area contributed by atoms with Crippen LogP contribution in [0, 0.1) is 11.7 Å². The maximum Gasteiger partial charge on any atom is 0.313 e. The van der Waals surface area contributed by atoms with Crippen LogP contribution >= 0.6 is 11.6 Å². The van der Waals surface area contributed by atoms with Crippen LogP contribution < -0.4 is 10.3 Å². The van der Waals surface area contributed by atoms with Crippen LogP contribution in [0.3, 0.4) is 0 Å². The lowest BCUT2D eigenvalue weighted by molar-refractivity contribution is -0.132. The molecule has 8 nitrogen and oxygen atoms in total. The summed E-state index contributed by atoms with van der Waals surface area (Å²) in [5.41, 5.74) is 0.209. The minimum absolute atomic E-state index is 0.0208. The molecule has 1 atom stereocenters. The molecule has 2 saturated heterocycles. The lowest BCUT2D eigenvalue weighted by atomic mass is 9.96. The lowest BCUT2D eigenvalue weighted by Crippen LogP contribution is -2.51. The quantitative estimate of drug-likeness (QED) is 0.317. The predicted molar refractivity (Wildman–Crippen MR) is 157 cm³/mol. The summed E-state index contributed by atoms with van der Waals surface area (Å²) in [6.45, 7) is 5.87. The van der Waals surface area contributed by atoms with Crippen LogP contribution in [0.4, 0.5) is 4.39 Å². The largest absolute Gasteiger partial charge is 0.508 e. The van der Waals surface area contributed by atoms with Gasteiger partial charge in [-0.2, -0.15) is 0 Å². The second-order valence-electron chi connectivity index (χ2n) is 10.9. The number of hydrogen-bond donors (Lipinski definition) is 1. The highest BCUT2D eigenvalue weighted by molar-refractivity contribution is 6.34. The van der Waals surface area contributed by atoms with E-state index in [1.165, 1.54) is 16.7 Å². The van der Waals surface area contributed by atoms with Crippen molar-refractivity contribution in [3.63, 3.8) is 0 Å². The minimum Gasteiger partial charge on any atom is -0.508 e. The van der Waals surface area contributed by atoms with Crippen molar-refractivity contribution < 1.29 is 19.0 Å². The standard InChI is InChI=1S/C31H30ClFN4O4/c1-3-26(39)36-14-18(15-36)16-37-25-13-24(32)27(23-12-21(38)11-19-7-4-5-9-22(19)23)28(33)29(25)34-30(31(37)40)41-17-20-8-6-10-35(20)2/h3-5,7,9,11-13,18,20,38H,1,6,8,10,14-17H2,2H3. The molecule has 3 aromatic carbocycles. The van der Waals surface area contributed by atoms with Gasteiger partial charge in [0.2, 0.25) is 5.91 Å². The predicted octanol–water partition coefficient (Wildman–Crippen LogP) is 4.83. The molecule has 10 heteroatoms. The van der Waals surface area contributed by atoms with Crippen molar-refractivity contribution in [2.24, 2.45) is 5.92 Å². The van der Waals surface area contributed by atoms with Gasteiger partial charge >= 0.3 is 5.56 Å². The summed E-state index contributed by atoms with van der Waals surface area (Å²) < 4.78 is 24.0. The van der Waals surface area contributed by atoms with Crippen LogP contribution in [-0.2, 0) is 11.3 Å². The first-order valence-electron chi connectivity index (χ1n) is 13.6. The monoisotopic (exact) mass is 576 g/mol. The third kappa shape index (κ3) is 4.93. The summed E-state index contributed by atoms with van der Waals surface area (Å²) in [6.07, 6.45) is 3.24. The van der Waals surface area contributed by atoms with Crippen molar-refractivity contribution in [2.45, 2.75) is 25.4 Å². The number of phenolic OH excluding ortho intramolecular Hbond substituents is 1. The van der Waals surface area contributed by atoms with E-state index in [1.54, 1.807) is 17.0 Å². The Hall–Kier alpha value is -3.95. The topological polar surface area (TPSA) is 87.9 Å². The van der Waals surface area contributed by atoms with Gasteiger partial charge in [-0.05, 0) is 67.0 Å². The molecule has 4 aromatic rings. The van der Waals surface area contributed by atoms with Crippen LogP contribution in [-0.4, -0.2) is 69.7 Å². The molecule has 2 aliphatic rings. The maximum absolute atomic E-state index is 16.5. The molecule has 0 aliphatic carbocycles. The number of fused-ring (bicyclic) bond motifs is 2. The van der Waals surface area contributed by atoms with E-state index in [0.717, 1.165) is 24.8 Å². The summed E-state index contributed by atoms with van der Waals surface area (Å²) in [7, 11) is 2.01. The van der Waals surface area contributed by atoms with E-state index in [9.17, 15) is 14.7 Å². The molecule has 1 aromatic heterocycles. The zero-order valence-electron chi connectivity index (χ0n) is 22.6. The number of carbonyl (C=O) groups excluding carboxylic acids is 1. The number of benzene rings is 3. The van der Waals surface area contributed by atoms with Gasteiger partial charge in [-0.1, -0.05) is 42.4 Å². The first-order valence-corrected chi connectivity index (χ1v) is 14.0. The zero-order valence-corrected chi connectivity index (χ0v) is 23.4. The first kappa shape index (κ1) is 27.2. The summed E-state index contributed by atoms with van der Waals surface area (Å²) in [5.74, 6) is -1.11. The van der Waals surface area contributed by atoms with E-state index in [2.05, 4.69) is 16.5 Å². The van der Waals surface area contributed by atoms with Gasteiger partial charge in [-0.25, -0.2) is 9.37 Å². The van der Waals surface area contributed by atoms with E-state index in [1.807, 2.05) is 31.3 Å². The van der Waals surface area contributed by atoms with E-state index >= 15 is 4.39 Å². The number of aromatic hydroxyl groups is 1. The fraction of sp³-hybridized carbons (Fsp3) is 0.323. The first-order chi connectivity index (χ1) is 19.7. The van der Waals surface area contributed by atoms with E-state index in [-0.39, 0.29) is 64.3 Å². The number of amides is 1. The molecule has 212 valence electrons. The molecule has 6 rings (SSSR count). The highest BCUT2D eigenvalue weighted by atomic mass is 35.5. The Kier molecular flexibility index (Phi) is 7.17. The summed E-state index contributed by atoms with van der Waals surface area (Å²) in [4.78, 5) is 33.9. The smallest absolute Gasteiger partial charge is 0.313 e. The SMILES string of the molecule is C=CC(=O)N1CC(Cn2c(=O)c(OCC3CCCN3C)nc3c(F)c(-c4cc(O)cc5ccccc45)c(Cl)cc32)C1. The zero-order chi connectivity index (χ0) is 28.8. The fourth-order valence-electron chi connectivity index (χ4n) is 5.92. The van der Waals surface area contributed by atoms with Crippen LogP contribution in [0.2, 0.25) is 5.02 Å². The van der Waals surface area contributed by atoms with Gasteiger partial charge in [0, 0.05) is 37.2 Å². The molecule has 41 heavy (non-hydrogen) atoms. The Morgan fingerprint density at radius 2 is 2.05 bits per heavy atom. The fourth-order valence-corrected chi connectivity index (χ4v) is 6.21. The number of rotatable bonds is 7. The number of carbonyl (C=O) groups is 1. The van der Waals surface area contributed by atoms with E-state index in [0.29, 0.717) is 24.0 Å². The van der Waals surface area contributed by atoms with Gasteiger partial charge < -0.3 is 24.2 Å². The van der Waals surface area contributed by atoms with E-state index < -0.39 is 11.4 Å². The molecule has 0 spiro atoms. The van der Waals surface area contributed by atoms with Crippen molar-refractivity contribution in [3.8, 4) is 22.8 Å². The van der Waals surface area contributed by atoms with Gasteiger partial charge in [0.25, 0.3) is 5.88 Å². The van der Waals surface area contributed by atoms with E-state index in [4.69, 9.17) is 16.3 Å². The molecule has 0 bridgehead atoms. The molecular formula is C31H30ClFN4O4. The number of hydrogen-bond acceptors (Lipinski definition) is 6. The van der Waals surface area contributed by atoms with Crippen LogP contribution in [0.15, 0.2) is 59.9 Å². The number of halogens is 2. The number of likely N-dealkylation sites (N-methyl/N-ethyl adjacent to an activating group) is 1. The van der Waals surface area contributed by atoms with Gasteiger partial charge in [0.05, 0.1) is 10.5 Å². The van der Waals surface area contributed by atoms with Crippen molar-refractivity contribution >= 4 is 39.3 Å². The summed E-state index contributed by atoms with van der Waals surface area (Å²) in [6, 6.07) is 12.1. The van der Waals surface area contributed by atoms with Crippen molar-refractivity contribution in [1.82, 2.24) is 19.4 Å².